The maximum Gasteiger partial charge on any atom is 0.252 e. The normalized spacial score (nSPS) is 11.1. The molecule has 5 heteroatoms. The Morgan fingerprint density at radius 2 is 1.94 bits per heavy atom. The Morgan fingerprint density at radius 1 is 1.35 bits per heavy atom. The van der Waals surface area contributed by atoms with Gasteiger partial charge < -0.3 is 11.1 Å². The number of hydrogen-bond donors (Lipinski definition) is 2. The third-order valence-electron chi connectivity index (χ3n) is 2.48. The molecule has 0 radical (unpaired) electrons. The summed E-state index contributed by atoms with van der Waals surface area (Å²) in [6.45, 7) is 5.06. The number of aryl methyl sites for hydroxylation is 1. The van der Waals surface area contributed by atoms with Gasteiger partial charge in [0.2, 0.25) is 5.91 Å². The van der Waals surface area contributed by atoms with Crippen molar-refractivity contribution in [1.82, 2.24) is 5.32 Å². The van der Waals surface area contributed by atoms with Crippen molar-refractivity contribution in [3.8, 4) is 0 Å². The fourth-order valence-electron chi connectivity index (χ4n) is 1.15. The SMILES string of the molecule is Cc1ccc(C(=O)NC(C)(C)C(N)=O)cc1Br. The zero-order chi connectivity index (χ0) is 13.2. The van der Waals surface area contributed by atoms with Gasteiger partial charge in [0.15, 0.2) is 0 Å². The number of halogens is 1. The smallest absolute Gasteiger partial charge is 0.252 e. The molecule has 0 bridgehead atoms. The second-order valence-electron chi connectivity index (χ2n) is 4.41. The van der Waals surface area contributed by atoms with Crippen LogP contribution in [0, 0.1) is 6.92 Å². The van der Waals surface area contributed by atoms with Crippen molar-refractivity contribution in [2.24, 2.45) is 5.73 Å². The molecule has 2 amide bonds. The van der Waals surface area contributed by atoms with Crippen LogP contribution in [0.4, 0.5) is 0 Å². The first kappa shape index (κ1) is 13.7. The van der Waals surface area contributed by atoms with Crippen molar-refractivity contribution < 1.29 is 9.59 Å². The summed E-state index contributed by atoms with van der Waals surface area (Å²) in [7, 11) is 0. The quantitative estimate of drug-likeness (QED) is 0.892. The number of carbonyl (C=O) groups is 2. The highest BCUT2D eigenvalue weighted by Crippen LogP contribution is 2.18. The highest BCUT2D eigenvalue weighted by atomic mass is 79.9. The molecule has 3 N–H and O–H groups in total. The van der Waals surface area contributed by atoms with Crippen LogP contribution in [-0.4, -0.2) is 17.4 Å². The molecular weight excluding hydrogens is 284 g/mol. The predicted octanol–water partition coefficient (Wildman–Crippen LogP) is 1.75. The first-order chi connectivity index (χ1) is 7.74. The molecule has 17 heavy (non-hydrogen) atoms. The fourth-order valence-corrected chi connectivity index (χ4v) is 1.53. The maximum atomic E-state index is 11.9. The molecule has 4 nitrogen and oxygen atoms in total. The van der Waals surface area contributed by atoms with Gasteiger partial charge in [0.05, 0.1) is 0 Å². The van der Waals surface area contributed by atoms with Crippen molar-refractivity contribution in [1.29, 1.82) is 0 Å². The van der Waals surface area contributed by atoms with Crippen LogP contribution in [0.25, 0.3) is 0 Å². The summed E-state index contributed by atoms with van der Waals surface area (Å²) in [6, 6.07) is 5.24. The van der Waals surface area contributed by atoms with Gasteiger partial charge in [0, 0.05) is 10.0 Å². The van der Waals surface area contributed by atoms with Crippen LogP contribution in [0.15, 0.2) is 22.7 Å². The summed E-state index contributed by atoms with van der Waals surface area (Å²) in [5, 5.41) is 2.58. The maximum absolute atomic E-state index is 11.9. The minimum Gasteiger partial charge on any atom is -0.368 e. The third kappa shape index (κ3) is 3.30. The number of primary amides is 1. The number of nitrogens with two attached hydrogens (primary N) is 1. The molecule has 0 saturated heterocycles. The van der Waals surface area contributed by atoms with Crippen LogP contribution < -0.4 is 11.1 Å². The van der Waals surface area contributed by atoms with E-state index in [2.05, 4.69) is 21.2 Å². The number of rotatable bonds is 3. The van der Waals surface area contributed by atoms with Gasteiger partial charge in [-0.2, -0.15) is 0 Å². The van der Waals surface area contributed by atoms with Crippen molar-refractivity contribution >= 4 is 27.7 Å². The molecule has 0 atom stereocenters. The van der Waals surface area contributed by atoms with Crippen LogP contribution in [0.1, 0.15) is 29.8 Å². The lowest BCUT2D eigenvalue weighted by molar-refractivity contribution is -0.122. The number of amides is 2. The number of carbonyl (C=O) groups excluding carboxylic acids is 2. The van der Waals surface area contributed by atoms with Crippen LogP contribution in [-0.2, 0) is 4.79 Å². The second kappa shape index (κ2) is 4.87. The molecule has 0 aliphatic carbocycles. The summed E-state index contributed by atoms with van der Waals surface area (Å²) in [5.74, 6) is -0.897. The Hall–Kier alpha value is -1.36. The molecule has 0 aliphatic rings. The predicted molar refractivity (Wildman–Crippen MR) is 69.6 cm³/mol. The lowest BCUT2D eigenvalue weighted by Gasteiger charge is -2.22. The number of hydrogen-bond acceptors (Lipinski definition) is 2. The van der Waals surface area contributed by atoms with Crippen LogP contribution in [0.2, 0.25) is 0 Å². The van der Waals surface area contributed by atoms with Crippen molar-refractivity contribution in [2.75, 3.05) is 0 Å². The minimum atomic E-state index is -1.06. The van der Waals surface area contributed by atoms with Gasteiger partial charge >= 0.3 is 0 Å². The van der Waals surface area contributed by atoms with E-state index in [4.69, 9.17) is 5.73 Å². The summed E-state index contributed by atoms with van der Waals surface area (Å²) in [5.41, 5.74) is 5.65. The lowest BCUT2D eigenvalue weighted by Crippen LogP contribution is -2.53. The van der Waals surface area contributed by atoms with E-state index >= 15 is 0 Å². The molecule has 0 heterocycles. The van der Waals surface area contributed by atoms with Crippen molar-refractivity contribution in [3.05, 3.63) is 33.8 Å². The van der Waals surface area contributed by atoms with E-state index in [-0.39, 0.29) is 5.91 Å². The zero-order valence-electron chi connectivity index (χ0n) is 10.0. The van der Waals surface area contributed by atoms with Crippen LogP contribution in [0.3, 0.4) is 0 Å². The Balaban J connectivity index is 2.91. The zero-order valence-corrected chi connectivity index (χ0v) is 11.6. The lowest BCUT2D eigenvalue weighted by atomic mass is 10.0. The van der Waals surface area contributed by atoms with E-state index in [1.807, 2.05) is 13.0 Å². The van der Waals surface area contributed by atoms with E-state index in [9.17, 15) is 9.59 Å². The molecule has 0 spiro atoms. The van der Waals surface area contributed by atoms with Gasteiger partial charge in [-0.3, -0.25) is 9.59 Å². The van der Waals surface area contributed by atoms with Gasteiger partial charge in [-0.25, -0.2) is 0 Å². The van der Waals surface area contributed by atoms with E-state index in [0.717, 1.165) is 10.0 Å². The molecule has 1 rings (SSSR count). The molecule has 0 aromatic heterocycles. The van der Waals surface area contributed by atoms with E-state index in [1.165, 1.54) is 0 Å². The second-order valence-corrected chi connectivity index (χ2v) is 5.26. The summed E-state index contributed by atoms with van der Waals surface area (Å²) < 4.78 is 0.849. The van der Waals surface area contributed by atoms with Crippen molar-refractivity contribution in [2.45, 2.75) is 26.3 Å². The number of nitrogens with one attached hydrogen (secondary N) is 1. The molecule has 0 aliphatic heterocycles. The van der Waals surface area contributed by atoms with Gasteiger partial charge in [0.1, 0.15) is 5.54 Å². The monoisotopic (exact) mass is 298 g/mol. The molecule has 0 saturated carbocycles. The standard InChI is InChI=1S/C12H15BrN2O2/c1-7-4-5-8(6-9(7)13)10(16)15-12(2,3)11(14)17/h4-6H,1-3H3,(H2,14,17)(H,15,16). The molecule has 1 aromatic rings. The van der Waals surface area contributed by atoms with Gasteiger partial charge in [-0.05, 0) is 38.5 Å². The molecule has 1 aromatic carbocycles. The van der Waals surface area contributed by atoms with E-state index in [1.54, 1.807) is 26.0 Å². The average Bonchev–Trinajstić information content (AvgIpc) is 2.21. The molecule has 0 unspecified atom stereocenters. The third-order valence-corrected chi connectivity index (χ3v) is 3.33. The Morgan fingerprint density at radius 3 is 2.41 bits per heavy atom. The highest BCUT2D eigenvalue weighted by molar-refractivity contribution is 9.10. The topological polar surface area (TPSA) is 72.2 Å². The summed E-state index contributed by atoms with van der Waals surface area (Å²) in [6.07, 6.45) is 0. The number of benzene rings is 1. The Kier molecular flexibility index (Phi) is 3.93. The minimum absolute atomic E-state index is 0.325. The van der Waals surface area contributed by atoms with Gasteiger partial charge in [-0.15, -0.1) is 0 Å². The summed E-state index contributed by atoms with van der Waals surface area (Å²) in [4.78, 5) is 23.0. The van der Waals surface area contributed by atoms with Crippen molar-refractivity contribution in [3.63, 3.8) is 0 Å². The highest BCUT2D eigenvalue weighted by Gasteiger charge is 2.27. The van der Waals surface area contributed by atoms with E-state index < -0.39 is 11.4 Å². The summed E-state index contributed by atoms with van der Waals surface area (Å²) >= 11 is 3.35. The Bertz CT molecular complexity index is 470. The van der Waals surface area contributed by atoms with Crippen LogP contribution >= 0.6 is 15.9 Å². The average molecular weight is 299 g/mol. The van der Waals surface area contributed by atoms with Gasteiger partial charge in [0.25, 0.3) is 5.91 Å². The first-order valence-electron chi connectivity index (χ1n) is 5.12. The van der Waals surface area contributed by atoms with Gasteiger partial charge in [-0.1, -0.05) is 22.0 Å². The van der Waals surface area contributed by atoms with Crippen LogP contribution in [0.5, 0.6) is 0 Å². The van der Waals surface area contributed by atoms with E-state index in [0.29, 0.717) is 5.56 Å². The molecule has 0 fully saturated rings. The Labute approximate surface area is 109 Å². The fraction of sp³-hybridized carbons (Fsp3) is 0.333. The largest absolute Gasteiger partial charge is 0.368 e. The molecule has 92 valence electrons. The molecular formula is C12H15BrN2O2. The first-order valence-corrected chi connectivity index (χ1v) is 5.92.